The Morgan fingerprint density at radius 2 is 2.25 bits per heavy atom. The normalized spacial score (nSPS) is 12.1. The van der Waals surface area contributed by atoms with Gasteiger partial charge in [0.2, 0.25) is 0 Å². The predicted molar refractivity (Wildman–Crippen MR) is 68.4 cm³/mol. The Kier molecular flexibility index (Phi) is 3.88. The van der Waals surface area contributed by atoms with Gasteiger partial charge in [-0.1, -0.05) is 12.1 Å². The summed E-state index contributed by atoms with van der Waals surface area (Å²) in [6.45, 7) is 3.17. The van der Waals surface area contributed by atoms with Gasteiger partial charge in [0.15, 0.2) is 11.6 Å². The Morgan fingerprint density at radius 1 is 1.50 bits per heavy atom. The summed E-state index contributed by atoms with van der Waals surface area (Å²) in [5.41, 5.74) is 0. The molecule has 0 aromatic carbocycles. The fourth-order valence-electron chi connectivity index (χ4n) is 1.65. The number of furan rings is 1. The van der Waals surface area contributed by atoms with Crippen molar-refractivity contribution in [2.45, 2.75) is 13.8 Å². The number of carboxylic acids is 1. The highest BCUT2D eigenvalue weighted by molar-refractivity contribution is 6.03. The van der Waals surface area contributed by atoms with E-state index in [1.54, 1.807) is 19.1 Å². The molecular weight excluding hydrogens is 264 g/mol. The van der Waals surface area contributed by atoms with E-state index in [1.165, 1.54) is 24.2 Å². The van der Waals surface area contributed by atoms with Crippen molar-refractivity contribution < 1.29 is 23.6 Å². The predicted octanol–water partition coefficient (Wildman–Crippen LogP) is 1.94. The molecule has 106 valence electrons. The Balaban J connectivity index is 2.29. The second-order valence-electron chi connectivity index (χ2n) is 4.43. The number of carbonyl (C=O) groups excluding carboxylic acids is 1. The van der Waals surface area contributed by atoms with Crippen LogP contribution in [-0.2, 0) is 4.79 Å². The third-order valence-corrected chi connectivity index (χ3v) is 2.75. The molecule has 0 bridgehead atoms. The summed E-state index contributed by atoms with van der Waals surface area (Å²) in [4.78, 5) is 24.5. The largest absolute Gasteiger partial charge is 0.481 e. The zero-order valence-electron chi connectivity index (χ0n) is 11.1. The molecule has 0 saturated heterocycles. The Bertz CT molecular complexity index is 602. The molecule has 2 aromatic rings. The molecule has 1 amide bonds. The van der Waals surface area contributed by atoms with Crippen LogP contribution >= 0.6 is 0 Å². The van der Waals surface area contributed by atoms with Gasteiger partial charge in [-0.3, -0.25) is 14.5 Å². The molecule has 0 fully saturated rings. The van der Waals surface area contributed by atoms with Crippen molar-refractivity contribution in [1.29, 1.82) is 0 Å². The number of hydrogen-bond donors (Lipinski definition) is 1. The van der Waals surface area contributed by atoms with Crippen LogP contribution in [0.4, 0.5) is 5.82 Å². The first-order valence-corrected chi connectivity index (χ1v) is 6.00. The van der Waals surface area contributed by atoms with E-state index in [2.05, 4.69) is 5.16 Å². The number of nitrogens with zero attached hydrogens (tertiary/aromatic N) is 2. The Morgan fingerprint density at radius 3 is 2.75 bits per heavy atom. The van der Waals surface area contributed by atoms with Crippen LogP contribution in [0.2, 0.25) is 0 Å². The monoisotopic (exact) mass is 278 g/mol. The van der Waals surface area contributed by atoms with E-state index in [-0.39, 0.29) is 18.1 Å². The van der Waals surface area contributed by atoms with Crippen molar-refractivity contribution in [3.8, 4) is 0 Å². The van der Waals surface area contributed by atoms with Gasteiger partial charge >= 0.3 is 5.97 Å². The molecule has 0 aliphatic rings. The van der Waals surface area contributed by atoms with Gasteiger partial charge < -0.3 is 14.0 Å². The van der Waals surface area contributed by atoms with Gasteiger partial charge in [-0.25, -0.2) is 0 Å². The molecule has 0 spiro atoms. The number of carboxylic acid groups (broad SMARTS) is 1. The number of aromatic nitrogens is 1. The van der Waals surface area contributed by atoms with E-state index in [9.17, 15) is 9.59 Å². The minimum Gasteiger partial charge on any atom is -0.481 e. The van der Waals surface area contributed by atoms with Crippen LogP contribution in [0, 0.1) is 12.8 Å². The molecule has 20 heavy (non-hydrogen) atoms. The lowest BCUT2D eigenvalue weighted by atomic mass is 10.1. The molecule has 1 N–H and O–H groups in total. The Labute approximate surface area is 114 Å². The maximum absolute atomic E-state index is 12.3. The highest BCUT2D eigenvalue weighted by Crippen LogP contribution is 2.19. The third kappa shape index (κ3) is 2.87. The van der Waals surface area contributed by atoms with Gasteiger partial charge in [0, 0.05) is 12.6 Å². The smallest absolute Gasteiger partial charge is 0.308 e. The van der Waals surface area contributed by atoms with Gasteiger partial charge in [-0.15, -0.1) is 0 Å². The zero-order valence-corrected chi connectivity index (χ0v) is 11.1. The molecule has 7 nitrogen and oxygen atoms in total. The number of carbonyl (C=O) groups is 2. The van der Waals surface area contributed by atoms with Crippen molar-refractivity contribution in [2.75, 3.05) is 11.4 Å². The standard InChI is InChI=1S/C13H14N2O5/c1-8(13(17)18)7-15(11-6-9(2)20-14-11)12(16)10-4-3-5-19-10/h3-6,8H,7H2,1-2H3,(H,17,18). The van der Waals surface area contributed by atoms with Gasteiger partial charge in [-0.2, -0.15) is 0 Å². The number of hydrogen-bond acceptors (Lipinski definition) is 5. The van der Waals surface area contributed by atoms with Crippen molar-refractivity contribution in [2.24, 2.45) is 5.92 Å². The molecule has 0 aliphatic heterocycles. The van der Waals surface area contributed by atoms with E-state index >= 15 is 0 Å². The number of amides is 1. The van der Waals surface area contributed by atoms with Gasteiger partial charge in [0.1, 0.15) is 5.76 Å². The summed E-state index contributed by atoms with van der Waals surface area (Å²) in [7, 11) is 0. The number of aliphatic carboxylic acids is 1. The maximum Gasteiger partial charge on any atom is 0.308 e. The molecule has 2 aromatic heterocycles. The highest BCUT2D eigenvalue weighted by Gasteiger charge is 2.26. The summed E-state index contributed by atoms with van der Waals surface area (Å²) in [5.74, 6) is -1.30. The van der Waals surface area contributed by atoms with Crippen LogP contribution in [-0.4, -0.2) is 28.7 Å². The average Bonchev–Trinajstić information content (AvgIpc) is 3.05. The summed E-state index contributed by atoms with van der Waals surface area (Å²) in [6, 6.07) is 4.66. The second-order valence-corrected chi connectivity index (χ2v) is 4.43. The molecule has 0 radical (unpaired) electrons. The molecule has 2 rings (SSSR count). The van der Waals surface area contributed by atoms with Crippen LogP contribution in [0.3, 0.4) is 0 Å². The van der Waals surface area contributed by atoms with E-state index in [4.69, 9.17) is 14.0 Å². The van der Waals surface area contributed by atoms with Crippen LogP contribution in [0.15, 0.2) is 33.4 Å². The third-order valence-electron chi connectivity index (χ3n) is 2.75. The van der Waals surface area contributed by atoms with Crippen LogP contribution in [0.1, 0.15) is 23.2 Å². The lowest BCUT2D eigenvalue weighted by Crippen LogP contribution is -2.37. The minimum absolute atomic E-state index is 0.0269. The van der Waals surface area contributed by atoms with E-state index in [0.29, 0.717) is 5.76 Å². The molecule has 0 aliphatic carbocycles. The van der Waals surface area contributed by atoms with Crippen LogP contribution in [0.25, 0.3) is 0 Å². The second kappa shape index (κ2) is 5.60. The molecule has 0 saturated carbocycles. The maximum atomic E-state index is 12.3. The molecule has 2 heterocycles. The van der Waals surface area contributed by atoms with Crippen molar-refractivity contribution in [3.05, 3.63) is 36.0 Å². The van der Waals surface area contributed by atoms with Crippen molar-refractivity contribution in [3.63, 3.8) is 0 Å². The summed E-state index contributed by atoms with van der Waals surface area (Å²) >= 11 is 0. The molecular formula is C13H14N2O5. The lowest BCUT2D eigenvalue weighted by molar-refractivity contribution is -0.140. The van der Waals surface area contributed by atoms with Gasteiger partial charge in [0.25, 0.3) is 5.91 Å². The summed E-state index contributed by atoms with van der Waals surface area (Å²) in [5, 5.41) is 12.7. The lowest BCUT2D eigenvalue weighted by Gasteiger charge is -2.20. The van der Waals surface area contributed by atoms with Gasteiger partial charge in [0.05, 0.1) is 12.2 Å². The van der Waals surface area contributed by atoms with Gasteiger partial charge in [-0.05, 0) is 19.1 Å². The number of aryl methyl sites for hydroxylation is 1. The van der Waals surface area contributed by atoms with E-state index in [0.717, 1.165) is 0 Å². The zero-order chi connectivity index (χ0) is 14.7. The fourth-order valence-corrected chi connectivity index (χ4v) is 1.65. The van der Waals surface area contributed by atoms with Crippen LogP contribution in [0.5, 0.6) is 0 Å². The SMILES string of the molecule is Cc1cc(N(CC(C)C(=O)O)C(=O)c2ccco2)no1. The first-order valence-electron chi connectivity index (χ1n) is 6.00. The van der Waals surface area contributed by atoms with E-state index in [1.807, 2.05) is 0 Å². The summed E-state index contributed by atoms with van der Waals surface area (Å²) < 4.78 is 9.98. The number of anilines is 1. The first-order chi connectivity index (χ1) is 9.49. The molecule has 1 atom stereocenters. The average molecular weight is 278 g/mol. The first kappa shape index (κ1) is 13.9. The van der Waals surface area contributed by atoms with E-state index < -0.39 is 17.8 Å². The van der Waals surface area contributed by atoms with Crippen LogP contribution < -0.4 is 4.90 Å². The topological polar surface area (TPSA) is 96.8 Å². The summed E-state index contributed by atoms with van der Waals surface area (Å²) in [6.07, 6.45) is 1.38. The molecule has 1 unspecified atom stereocenters. The molecule has 7 heteroatoms. The highest BCUT2D eigenvalue weighted by atomic mass is 16.5. The Hall–Kier alpha value is -2.57. The number of rotatable bonds is 5. The van der Waals surface area contributed by atoms with Crippen molar-refractivity contribution >= 4 is 17.7 Å². The fraction of sp³-hybridized carbons (Fsp3) is 0.308. The van der Waals surface area contributed by atoms with Crippen molar-refractivity contribution in [1.82, 2.24) is 5.16 Å². The minimum atomic E-state index is -0.998. The quantitative estimate of drug-likeness (QED) is 0.897.